The van der Waals surface area contributed by atoms with Gasteiger partial charge in [-0.15, -0.1) is 18.2 Å². The van der Waals surface area contributed by atoms with E-state index < -0.39 is 0 Å². The summed E-state index contributed by atoms with van der Waals surface area (Å²) in [6.45, 7) is 0.248. The molecule has 2 aromatic rings. The third-order valence-electron chi connectivity index (χ3n) is 2.70. The summed E-state index contributed by atoms with van der Waals surface area (Å²) in [5.74, 6) is 2.36. The van der Waals surface area contributed by atoms with Gasteiger partial charge in [-0.2, -0.15) is 0 Å². The number of thioether (sulfide) groups is 1. The van der Waals surface area contributed by atoms with Crippen molar-refractivity contribution in [1.82, 2.24) is 5.32 Å². The van der Waals surface area contributed by atoms with Crippen LogP contribution < -0.4 is 5.32 Å². The number of carbonyl (C=O) groups excluding carboxylic acids is 1. The van der Waals surface area contributed by atoms with Crippen molar-refractivity contribution in [2.45, 2.75) is 10.1 Å². The zero-order valence-electron chi connectivity index (χ0n) is 11.0. The molecule has 0 heterocycles. The van der Waals surface area contributed by atoms with Gasteiger partial charge in [0.15, 0.2) is 0 Å². The van der Waals surface area contributed by atoms with Crippen LogP contribution in [0.5, 0.6) is 0 Å². The van der Waals surface area contributed by atoms with Crippen LogP contribution in [0.3, 0.4) is 0 Å². The van der Waals surface area contributed by atoms with Crippen molar-refractivity contribution in [3.63, 3.8) is 0 Å². The Hall–Kier alpha value is -2.18. The molecule has 1 N–H and O–H groups in total. The number of hydrogen-bond donors (Lipinski definition) is 1. The van der Waals surface area contributed by atoms with E-state index in [-0.39, 0.29) is 17.7 Å². The van der Waals surface area contributed by atoms with E-state index in [0.717, 1.165) is 10.5 Å². The predicted octanol–water partition coefficient (Wildman–Crippen LogP) is 3.27. The van der Waals surface area contributed by atoms with Crippen molar-refractivity contribution < 1.29 is 4.79 Å². The van der Waals surface area contributed by atoms with E-state index in [1.165, 1.54) is 11.8 Å². The molecule has 2 rings (SSSR count). The second kappa shape index (κ2) is 7.42. The molecular weight excluding hydrogens is 266 g/mol. The lowest BCUT2D eigenvalue weighted by molar-refractivity contribution is -0.120. The summed E-state index contributed by atoms with van der Waals surface area (Å²) in [7, 11) is 0. The third-order valence-corrected chi connectivity index (χ3v) is 3.97. The summed E-state index contributed by atoms with van der Waals surface area (Å²) in [5, 5.41) is 2.46. The maximum absolute atomic E-state index is 12.3. The highest BCUT2D eigenvalue weighted by molar-refractivity contribution is 8.00. The minimum absolute atomic E-state index is 0.0667. The molecule has 0 radical (unpaired) electrons. The lowest BCUT2D eigenvalue weighted by Gasteiger charge is -2.16. The number of terminal acetylenes is 1. The van der Waals surface area contributed by atoms with Gasteiger partial charge in [0, 0.05) is 4.90 Å². The van der Waals surface area contributed by atoms with Crippen molar-refractivity contribution >= 4 is 17.7 Å². The van der Waals surface area contributed by atoms with E-state index in [4.69, 9.17) is 6.42 Å². The molecule has 2 nitrogen and oxygen atoms in total. The number of rotatable bonds is 5. The largest absolute Gasteiger partial charge is 0.344 e. The number of hydrogen-bond acceptors (Lipinski definition) is 2. The molecule has 0 fully saturated rings. The van der Waals surface area contributed by atoms with Gasteiger partial charge < -0.3 is 5.32 Å². The van der Waals surface area contributed by atoms with Gasteiger partial charge in [-0.05, 0) is 17.7 Å². The maximum atomic E-state index is 12.3. The number of amides is 1. The number of carbonyl (C=O) groups is 1. The zero-order chi connectivity index (χ0) is 14.2. The lowest BCUT2D eigenvalue weighted by Crippen LogP contribution is -2.28. The minimum Gasteiger partial charge on any atom is -0.344 e. The van der Waals surface area contributed by atoms with Gasteiger partial charge in [0.1, 0.15) is 5.25 Å². The summed E-state index contributed by atoms with van der Waals surface area (Å²) in [6.07, 6.45) is 5.20. The molecule has 2 aromatic carbocycles. The second-order valence-corrected chi connectivity index (χ2v) is 5.32. The van der Waals surface area contributed by atoms with Crippen LogP contribution in [0.2, 0.25) is 0 Å². The average Bonchev–Trinajstić information content (AvgIpc) is 2.52. The van der Waals surface area contributed by atoms with Crippen molar-refractivity contribution in [3.8, 4) is 12.3 Å². The predicted molar refractivity (Wildman–Crippen MR) is 83.3 cm³/mol. The standard InChI is InChI=1S/C17H15NOS/c1-2-13-18-17(19)16(14-9-5-3-6-10-14)20-15-11-7-4-8-12-15/h1,3-12,16H,13H2,(H,18,19). The summed E-state index contributed by atoms with van der Waals surface area (Å²) < 4.78 is 0. The fourth-order valence-corrected chi connectivity index (χ4v) is 2.84. The van der Waals surface area contributed by atoms with Crippen molar-refractivity contribution in [2.24, 2.45) is 0 Å². The molecule has 0 saturated carbocycles. The van der Waals surface area contributed by atoms with Crippen molar-refractivity contribution in [2.75, 3.05) is 6.54 Å². The molecule has 0 bridgehead atoms. The highest BCUT2D eigenvalue weighted by atomic mass is 32.2. The second-order valence-electron chi connectivity index (χ2n) is 4.14. The normalized spacial score (nSPS) is 11.3. The molecule has 1 unspecified atom stereocenters. The first-order valence-electron chi connectivity index (χ1n) is 6.29. The quantitative estimate of drug-likeness (QED) is 0.673. The molecule has 0 aliphatic rings. The fourth-order valence-electron chi connectivity index (χ4n) is 1.77. The van der Waals surface area contributed by atoms with Crippen LogP contribution >= 0.6 is 11.8 Å². The molecule has 3 heteroatoms. The topological polar surface area (TPSA) is 29.1 Å². The zero-order valence-corrected chi connectivity index (χ0v) is 11.8. The SMILES string of the molecule is C#CCNC(=O)C(Sc1ccccc1)c1ccccc1. The maximum Gasteiger partial charge on any atom is 0.238 e. The number of nitrogens with one attached hydrogen (secondary N) is 1. The molecule has 20 heavy (non-hydrogen) atoms. The van der Waals surface area contributed by atoms with Gasteiger partial charge >= 0.3 is 0 Å². The molecule has 0 saturated heterocycles. The van der Waals surface area contributed by atoms with E-state index in [1.807, 2.05) is 60.7 Å². The average molecular weight is 281 g/mol. The van der Waals surface area contributed by atoms with Crippen LogP contribution in [-0.4, -0.2) is 12.5 Å². The smallest absolute Gasteiger partial charge is 0.238 e. The Morgan fingerprint density at radius 1 is 1.10 bits per heavy atom. The molecule has 0 aromatic heterocycles. The first-order chi connectivity index (χ1) is 9.81. The Bertz CT molecular complexity index is 589. The Morgan fingerprint density at radius 3 is 2.30 bits per heavy atom. The summed E-state index contributed by atoms with van der Waals surface area (Å²) in [5.41, 5.74) is 0.968. The Kier molecular flexibility index (Phi) is 5.28. The van der Waals surface area contributed by atoms with E-state index in [0.29, 0.717) is 0 Å². The van der Waals surface area contributed by atoms with Gasteiger partial charge in [0.2, 0.25) is 5.91 Å². The molecule has 0 aliphatic carbocycles. The van der Waals surface area contributed by atoms with E-state index in [9.17, 15) is 4.79 Å². The van der Waals surface area contributed by atoms with E-state index in [2.05, 4.69) is 11.2 Å². The molecule has 0 aliphatic heterocycles. The Morgan fingerprint density at radius 2 is 1.70 bits per heavy atom. The van der Waals surface area contributed by atoms with Gasteiger partial charge in [0.05, 0.1) is 6.54 Å². The third kappa shape index (κ3) is 3.91. The number of benzene rings is 2. The minimum atomic E-state index is -0.299. The molecule has 100 valence electrons. The van der Waals surface area contributed by atoms with Crippen LogP contribution in [0.25, 0.3) is 0 Å². The highest BCUT2D eigenvalue weighted by Gasteiger charge is 2.21. The van der Waals surface area contributed by atoms with Crippen LogP contribution in [0.4, 0.5) is 0 Å². The Labute approximate surface area is 123 Å². The van der Waals surface area contributed by atoms with E-state index in [1.54, 1.807) is 0 Å². The van der Waals surface area contributed by atoms with Crippen LogP contribution in [0.1, 0.15) is 10.8 Å². The van der Waals surface area contributed by atoms with Gasteiger partial charge in [-0.1, -0.05) is 54.5 Å². The highest BCUT2D eigenvalue weighted by Crippen LogP contribution is 2.35. The van der Waals surface area contributed by atoms with Crippen LogP contribution in [-0.2, 0) is 4.79 Å². The van der Waals surface area contributed by atoms with Crippen LogP contribution in [0.15, 0.2) is 65.6 Å². The van der Waals surface area contributed by atoms with Gasteiger partial charge in [-0.3, -0.25) is 4.79 Å². The van der Waals surface area contributed by atoms with Gasteiger partial charge in [0.25, 0.3) is 0 Å². The van der Waals surface area contributed by atoms with Gasteiger partial charge in [-0.25, -0.2) is 0 Å². The first kappa shape index (κ1) is 14.2. The summed E-state index contributed by atoms with van der Waals surface area (Å²) in [4.78, 5) is 13.3. The first-order valence-corrected chi connectivity index (χ1v) is 7.17. The molecule has 1 atom stereocenters. The summed E-state index contributed by atoms with van der Waals surface area (Å²) in [6, 6.07) is 19.6. The van der Waals surface area contributed by atoms with Crippen molar-refractivity contribution in [3.05, 3.63) is 66.2 Å². The molecular formula is C17H15NOS. The van der Waals surface area contributed by atoms with Crippen LogP contribution in [0, 0.1) is 12.3 Å². The molecule has 0 spiro atoms. The fraction of sp³-hybridized carbons (Fsp3) is 0.118. The van der Waals surface area contributed by atoms with Crippen molar-refractivity contribution in [1.29, 1.82) is 0 Å². The molecule has 1 amide bonds. The lowest BCUT2D eigenvalue weighted by atomic mass is 10.1. The summed E-state index contributed by atoms with van der Waals surface area (Å²) >= 11 is 1.52. The monoisotopic (exact) mass is 281 g/mol. The van der Waals surface area contributed by atoms with E-state index >= 15 is 0 Å². The Balaban J connectivity index is 2.21.